The molecular weight excluding hydrogens is 276 g/mol. The average molecular weight is 304 g/mol. The minimum Gasteiger partial charge on any atom is -0.382 e. The van der Waals surface area contributed by atoms with Crippen molar-refractivity contribution < 1.29 is 9.53 Å². The number of anilines is 1. The van der Waals surface area contributed by atoms with Crippen molar-refractivity contribution in [2.75, 3.05) is 25.1 Å². The predicted molar refractivity (Wildman–Crippen MR) is 90.4 cm³/mol. The molecule has 0 bridgehead atoms. The first kappa shape index (κ1) is 16.8. The van der Waals surface area contributed by atoms with Crippen LogP contribution in [0, 0.1) is 18.8 Å². The van der Waals surface area contributed by atoms with Gasteiger partial charge in [-0.3, -0.25) is 4.79 Å². The molecule has 0 unspecified atom stereocenters. The maximum Gasteiger partial charge on any atom is 0.251 e. The molecule has 2 atom stereocenters. The lowest BCUT2D eigenvalue weighted by atomic mass is 10.0. The van der Waals surface area contributed by atoms with Crippen LogP contribution in [0.3, 0.4) is 0 Å². The molecule has 1 aromatic carbocycles. The summed E-state index contributed by atoms with van der Waals surface area (Å²) in [5.41, 5.74) is 2.80. The van der Waals surface area contributed by atoms with Crippen LogP contribution in [0.15, 0.2) is 18.2 Å². The Hall–Kier alpha value is -1.55. The zero-order valence-electron chi connectivity index (χ0n) is 14.1. The Balaban J connectivity index is 2.02. The second-order valence-corrected chi connectivity index (χ2v) is 6.59. The fourth-order valence-electron chi connectivity index (χ4n) is 2.53. The highest BCUT2D eigenvalue weighted by Crippen LogP contribution is 2.21. The van der Waals surface area contributed by atoms with Crippen molar-refractivity contribution in [1.29, 1.82) is 0 Å². The van der Waals surface area contributed by atoms with E-state index in [0.29, 0.717) is 24.4 Å². The number of amides is 1. The lowest BCUT2D eigenvalue weighted by Gasteiger charge is -2.21. The average Bonchev–Trinajstić information content (AvgIpc) is 3.00. The normalized spacial score (nSPS) is 19.2. The van der Waals surface area contributed by atoms with Gasteiger partial charge in [-0.05, 0) is 43.9 Å². The summed E-state index contributed by atoms with van der Waals surface area (Å²) >= 11 is 0. The highest BCUT2D eigenvalue weighted by atomic mass is 16.5. The first-order valence-corrected chi connectivity index (χ1v) is 8.21. The Bertz CT molecular complexity index is 508. The van der Waals surface area contributed by atoms with Gasteiger partial charge in [-0.1, -0.05) is 19.9 Å². The van der Waals surface area contributed by atoms with Crippen molar-refractivity contribution >= 4 is 11.6 Å². The van der Waals surface area contributed by atoms with E-state index in [4.69, 9.17) is 4.74 Å². The molecule has 0 aliphatic carbocycles. The molecule has 1 saturated heterocycles. The number of carbonyl (C=O) groups excluding carboxylic acids is 1. The van der Waals surface area contributed by atoms with Gasteiger partial charge in [0.2, 0.25) is 0 Å². The van der Waals surface area contributed by atoms with Gasteiger partial charge in [0.15, 0.2) is 0 Å². The molecule has 2 rings (SSSR count). The molecule has 1 aliphatic rings. The van der Waals surface area contributed by atoms with Crippen LogP contribution in [0.4, 0.5) is 5.69 Å². The minimum atomic E-state index is 0.00486. The fourth-order valence-corrected chi connectivity index (χ4v) is 2.53. The van der Waals surface area contributed by atoms with Gasteiger partial charge in [0.25, 0.3) is 5.91 Å². The maximum absolute atomic E-state index is 12.4. The number of carbonyl (C=O) groups is 1. The van der Waals surface area contributed by atoms with Crippen LogP contribution < -0.4 is 10.6 Å². The Morgan fingerprint density at radius 1 is 1.36 bits per heavy atom. The Labute approximate surface area is 133 Å². The minimum absolute atomic E-state index is 0.00486. The van der Waals surface area contributed by atoms with E-state index < -0.39 is 0 Å². The number of hydrogen-bond donors (Lipinski definition) is 2. The Morgan fingerprint density at radius 3 is 2.77 bits per heavy atom. The summed E-state index contributed by atoms with van der Waals surface area (Å²) in [6, 6.07) is 6.24. The van der Waals surface area contributed by atoms with E-state index in [-0.39, 0.29) is 5.91 Å². The summed E-state index contributed by atoms with van der Waals surface area (Å²) < 4.78 is 5.34. The summed E-state index contributed by atoms with van der Waals surface area (Å²) in [6.45, 7) is 10.8. The molecule has 2 N–H and O–H groups in total. The molecule has 1 fully saturated rings. The summed E-state index contributed by atoms with van der Waals surface area (Å²) in [7, 11) is 0. The molecule has 4 heteroatoms. The summed E-state index contributed by atoms with van der Waals surface area (Å²) in [6.07, 6.45) is 1.03. The Morgan fingerprint density at radius 2 is 2.14 bits per heavy atom. The number of hydrogen-bond acceptors (Lipinski definition) is 3. The summed E-state index contributed by atoms with van der Waals surface area (Å²) in [5, 5.41) is 6.54. The van der Waals surface area contributed by atoms with Gasteiger partial charge in [0.1, 0.15) is 0 Å². The van der Waals surface area contributed by atoms with Crippen molar-refractivity contribution in [3.63, 3.8) is 0 Å². The fraction of sp³-hybridized carbons (Fsp3) is 0.611. The summed E-state index contributed by atoms with van der Waals surface area (Å²) in [5.74, 6) is 0.996. The van der Waals surface area contributed by atoms with E-state index in [9.17, 15) is 4.79 Å². The molecule has 0 saturated carbocycles. The molecule has 4 nitrogen and oxygen atoms in total. The SMILES string of the molecule is Cc1c(N[C@H](C)C(C)C)cccc1C(=O)NC[C@@H]1CCOC1. The van der Waals surface area contributed by atoms with Crippen molar-refractivity contribution in [1.82, 2.24) is 5.32 Å². The van der Waals surface area contributed by atoms with Gasteiger partial charge in [-0.25, -0.2) is 0 Å². The third-order valence-corrected chi connectivity index (χ3v) is 4.54. The predicted octanol–water partition coefficient (Wildman–Crippen LogP) is 3.22. The third kappa shape index (κ3) is 4.23. The third-order valence-electron chi connectivity index (χ3n) is 4.54. The van der Waals surface area contributed by atoms with Gasteiger partial charge < -0.3 is 15.4 Å². The van der Waals surface area contributed by atoms with E-state index >= 15 is 0 Å². The molecular formula is C18H28N2O2. The van der Waals surface area contributed by atoms with Crippen LogP contribution in [0.1, 0.15) is 43.1 Å². The van der Waals surface area contributed by atoms with Gasteiger partial charge in [-0.15, -0.1) is 0 Å². The van der Waals surface area contributed by atoms with Gasteiger partial charge in [0, 0.05) is 36.4 Å². The zero-order valence-corrected chi connectivity index (χ0v) is 14.1. The highest BCUT2D eigenvalue weighted by Gasteiger charge is 2.18. The second kappa shape index (κ2) is 7.63. The van der Waals surface area contributed by atoms with E-state index in [2.05, 4.69) is 31.4 Å². The standard InChI is InChI=1S/C18H28N2O2/c1-12(2)14(4)20-17-7-5-6-16(13(17)3)18(21)19-10-15-8-9-22-11-15/h5-7,12,14-15,20H,8-11H2,1-4H3,(H,19,21)/t14-,15+/m1/s1. The van der Waals surface area contributed by atoms with Crippen LogP contribution >= 0.6 is 0 Å². The molecule has 1 aromatic rings. The number of rotatable bonds is 6. The second-order valence-electron chi connectivity index (χ2n) is 6.59. The highest BCUT2D eigenvalue weighted by molar-refractivity contribution is 5.97. The molecule has 22 heavy (non-hydrogen) atoms. The first-order valence-electron chi connectivity index (χ1n) is 8.21. The largest absolute Gasteiger partial charge is 0.382 e. The molecule has 0 spiro atoms. The van der Waals surface area contributed by atoms with E-state index in [1.165, 1.54) is 0 Å². The lowest BCUT2D eigenvalue weighted by molar-refractivity contribution is 0.0944. The monoisotopic (exact) mass is 304 g/mol. The topological polar surface area (TPSA) is 50.4 Å². The number of benzene rings is 1. The van der Waals surface area contributed by atoms with E-state index in [0.717, 1.165) is 36.4 Å². The molecule has 1 amide bonds. The number of nitrogens with one attached hydrogen (secondary N) is 2. The molecule has 1 aliphatic heterocycles. The van der Waals surface area contributed by atoms with Crippen molar-refractivity contribution in [3.8, 4) is 0 Å². The van der Waals surface area contributed by atoms with Gasteiger partial charge in [0.05, 0.1) is 6.61 Å². The van der Waals surface area contributed by atoms with Crippen LogP contribution in [0.25, 0.3) is 0 Å². The maximum atomic E-state index is 12.4. The van der Waals surface area contributed by atoms with Gasteiger partial charge >= 0.3 is 0 Å². The number of ether oxygens (including phenoxy) is 1. The van der Waals surface area contributed by atoms with Crippen molar-refractivity contribution in [2.45, 2.75) is 40.2 Å². The lowest BCUT2D eigenvalue weighted by Crippen LogP contribution is -2.30. The molecule has 0 radical (unpaired) electrons. The summed E-state index contributed by atoms with van der Waals surface area (Å²) in [4.78, 5) is 12.4. The van der Waals surface area contributed by atoms with Crippen molar-refractivity contribution in [3.05, 3.63) is 29.3 Å². The zero-order chi connectivity index (χ0) is 16.1. The Kier molecular flexibility index (Phi) is 5.83. The quantitative estimate of drug-likeness (QED) is 0.848. The van der Waals surface area contributed by atoms with Crippen LogP contribution in [-0.4, -0.2) is 31.7 Å². The van der Waals surface area contributed by atoms with Crippen LogP contribution in [-0.2, 0) is 4.74 Å². The van der Waals surface area contributed by atoms with Gasteiger partial charge in [-0.2, -0.15) is 0 Å². The smallest absolute Gasteiger partial charge is 0.251 e. The van der Waals surface area contributed by atoms with E-state index in [1.54, 1.807) is 0 Å². The molecule has 122 valence electrons. The van der Waals surface area contributed by atoms with Crippen LogP contribution in [0.5, 0.6) is 0 Å². The molecule has 0 aromatic heterocycles. The first-order chi connectivity index (χ1) is 10.5. The van der Waals surface area contributed by atoms with Crippen LogP contribution in [0.2, 0.25) is 0 Å². The molecule has 1 heterocycles. The van der Waals surface area contributed by atoms with Crippen molar-refractivity contribution in [2.24, 2.45) is 11.8 Å². The van der Waals surface area contributed by atoms with E-state index in [1.807, 2.05) is 25.1 Å².